The van der Waals surface area contributed by atoms with E-state index in [0.717, 1.165) is 5.92 Å². The minimum absolute atomic E-state index is 0.162. The van der Waals surface area contributed by atoms with Crippen molar-refractivity contribution >= 4 is 5.69 Å². The Hall–Kier alpha value is -1.38. The first-order valence-electron chi connectivity index (χ1n) is 5.27. The molecule has 0 spiro atoms. The van der Waals surface area contributed by atoms with Crippen molar-refractivity contribution < 1.29 is 4.92 Å². The molecule has 0 radical (unpaired) electrons. The van der Waals surface area contributed by atoms with E-state index >= 15 is 0 Å². The zero-order valence-electron chi connectivity index (χ0n) is 9.06. The Morgan fingerprint density at radius 3 is 2.20 bits per heavy atom. The highest BCUT2D eigenvalue weighted by Gasteiger charge is 2.38. The predicted octanol–water partition coefficient (Wildman–Crippen LogP) is 3.28. The van der Waals surface area contributed by atoms with E-state index in [4.69, 9.17) is 0 Å². The Morgan fingerprint density at radius 2 is 1.80 bits per heavy atom. The maximum absolute atomic E-state index is 10.5. The van der Waals surface area contributed by atoms with Gasteiger partial charge in [0.25, 0.3) is 5.69 Å². The molecule has 0 saturated heterocycles. The molecular formula is C12H15NO2. The van der Waals surface area contributed by atoms with Crippen molar-refractivity contribution in [1.82, 2.24) is 0 Å². The Morgan fingerprint density at radius 1 is 1.27 bits per heavy atom. The molecule has 15 heavy (non-hydrogen) atoms. The van der Waals surface area contributed by atoms with Crippen molar-refractivity contribution in [3.8, 4) is 0 Å². The molecule has 80 valence electrons. The molecule has 0 unspecified atom stereocenters. The van der Waals surface area contributed by atoms with Gasteiger partial charge in [-0.15, -0.1) is 0 Å². The lowest BCUT2D eigenvalue weighted by Crippen LogP contribution is -2.19. The molecular weight excluding hydrogens is 190 g/mol. The number of non-ortho nitro benzene ring substituents is 1. The molecule has 2 rings (SSSR count). The van der Waals surface area contributed by atoms with Crippen LogP contribution in [-0.4, -0.2) is 4.92 Å². The summed E-state index contributed by atoms with van der Waals surface area (Å²) in [5.74, 6) is 0.749. The number of benzene rings is 1. The van der Waals surface area contributed by atoms with E-state index < -0.39 is 0 Å². The average Bonchev–Trinajstić information content (AvgIpc) is 3.01. The van der Waals surface area contributed by atoms with E-state index in [9.17, 15) is 10.1 Å². The molecule has 1 fully saturated rings. The molecule has 1 aromatic carbocycles. The minimum atomic E-state index is -0.353. The Kier molecular flexibility index (Phi) is 2.25. The van der Waals surface area contributed by atoms with Crippen molar-refractivity contribution in [3.63, 3.8) is 0 Å². The summed E-state index contributed by atoms with van der Waals surface area (Å²) in [7, 11) is 0. The number of nitrogens with zero attached hydrogens (tertiary/aromatic N) is 1. The fraction of sp³-hybridized carbons (Fsp3) is 0.500. The van der Waals surface area contributed by atoms with Crippen LogP contribution in [0.4, 0.5) is 5.69 Å². The lowest BCUT2D eigenvalue weighted by molar-refractivity contribution is -0.384. The number of nitro groups is 1. The van der Waals surface area contributed by atoms with Crippen LogP contribution in [0.2, 0.25) is 0 Å². The fourth-order valence-electron chi connectivity index (χ4n) is 2.05. The van der Waals surface area contributed by atoms with Crippen LogP contribution in [0.15, 0.2) is 24.3 Å². The van der Waals surface area contributed by atoms with Gasteiger partial charge in [0.05, 0.1) is 4.92 Å². The van der Waals surface area contributed by atoms with E-state index in [-0.39, 0.29) is 16.0 Å². The van der Waals surface area contributed by atoms with Gasteiger partial charge >= 0.3 is 0 Å². The van der Waals surface area contributed by atoms with E-state index in [1.54, 1.807) is 12.1 Å². The zero-order valence-corrected chi connectivity index (χ0v) is 9.06. The van der Waals surface area contributed by atoms with Gasteiger partial charge in [-0.2, -0.15) is 0 Å². The van der Waals surface area contributed by atoms with Crippen molar-refractivity contribution in [1.29, 1.82) is 0 Å². The summed E-state index contributed by atoms with van der Waals surface area (Å²) in [5.41, 5.74) is 1.54. The number of nitro benzene ring substituents is 1. The molecule has 3 nitrogen and oxygen atoms in total. The van der Waals surface area contributed by atoms with Crippen LogP contribution in [0.5, 0.6) is 0 Å². The third-order valence-electron chi connectivity index (χ3n) is 3.42. The average molecular weight is 205 g/mol. The Balaban J connectivity index is 2.26. The maximum Gasteiger partial charge on any atom is 0.269 e. The van der Waals surface area contributed by atoms with Crippen LogP contribution < -0.4 is 0 Å². The Labute approximate surface area is 89.3 Å². The largest absolute Gasteiger partial charge is 0.269 e. The van der Waals surface area contributed by atoms with E-state index in [1.807, 2.05) is 12.1 Å². The minimum Gasteiger partial charge on any atom is -0.258 e. The topological polar surface area (TPSA) is 43.1 Å². The second-order valence-electron chi connectivity index (χ2n) is 4.80. The van der Waals surface area contributed by atoms with Crippen molar-refractivity contribution in [2.24, 2.45) is 5.92 Å². The normalized spacial score (nSPS) is 16.4. The first kappa shape index (κ1) is 10.1. The predicted molar refractivity (Wildman–Crippen MR) is 58.8 cm³/mol. The van der Waals surface area contributed by atoms with Crippen LogP contribution in [0.25, 0.3) is 0 Å². The summed E-state index contributed by atoms with van der Waals surface area (Å²) in [4.78, 5) is 10.2. The van der Waals surface area contributed by atoms with Gasteiger partial charge in [-0.3, -0.25) is 10.1 Å². The molecule has 3 heteroatoms. The van der Waals surface area contributed by atoms with Crippen molar-refractivity contribution in [2.45, 2.75) is 32.1 Å². The quantitative estimate of drug-likeness (QED) is 0.561. The molecule has 1 aliphatic rings. The van der Waals surface area contributed by atoms with E-state index in [2.05, 4.69) is 13.8 Å². The summed E-state index contributed by atoms with van der Waals surface area (Å²) in [5, 5.41) is 10.5. The second kappa shape index (κ2) is 3.33. The van der Waals surface area contributed by atoms with Crippen LogP contribution in [0, 0.1) is 16.0 Å². The summed E-state index contributed by atoms with van der Waals surface area (Å²) < 4.78 is 0. The van der Waals surface area contributed by atoms with Gasteiger partial charge in [0.15, 0.2) is 0 Å². The molecule has 0 amide bonds. The van der Waals surface area contributed by atoms with Crippen molar-refractivity contribution in [2.75, 3.05) is 0 Å². The van der Waals surface area contributed by atoms with Crippen LogP contribution in [-0.2, 0) is 5.41 Å². The molecule has 0 N–H and O–H groups in total. The zero-order chi connectivity index (χ0) is 11.1. The molecule has 1 aliphatic carbocycles. The van der Waals surface area contributed by atoms with Crippen molar-refractivity contribution in [3.05, 3.63) is 39.9 Å². The molecule has 0 bridgehead atoms. The molecule has 0 atom stereocenters. The SMILES string of the molecule is CC(C)(c1ccc([N+](=O)[O-])cc1)C1CC1. The molecule has 0 aliphatic heterocycles. The maximum atomic E-state index is 10.5. The van der Waals surface area contributed by atoms with Crippen LogP contribution in [0.3, 0.4) is 0 Å². The lowest BCUT2D eigenvalue weighted by atomic mass is 9.80. The highest BCUT2D eigenvalue weighted by atomic mass is 16.6. The lowest BCUT2D eigenvalue weighted by Gasteiger charge is -2.24. The summed E-state index contributed by atoms with van der Waals surface area (Å²) >= 11 is 0. The van der Waals surface area contributed by atoms with Gasteiger partial charge in [-0.05, 0) is 29.7 Å². The van der Waals surface area contributed by atoms with Crippen LogP contribution in [0.1, 0.15) is 32.3 Å². The van der Waals surface area contributed by atoms with E-state index in [0.29, 0.717) is 0 Å². The highest BCUT2D eigenvalue weighted by Crippen LogP contribution is 2.46. The number of hydrogen-bond acceptors (Lipinski definition) is 2. The Bertz CT molecular complexity index is 377. The van der Waals surface area contributed by atoms with Gasteiger partial charge in [-0.1, -0.05) is 26.0 Å². The first-order valence-corrected chi connectivity index (χ1v) is 5.27. The monoisotopic (exact) mass is 205 g/mol. The standard InChI is InChI=1S/C12H15NO2/c1-12(2,9-3-4-9)10-5-7-11(8-6-10)13(14)15/h5-9H,3-4H2,1-2H3. The molecule has 0 heterocycles. The van der Waals surface area contributed by atoms with Crippen LogP contribution >= 0.6 is 0 Å². The summed E-state index contributed by atoms with van der Waals surface area (Å²) in [6.07, 6.45) is 2.56. The highest BCUT2D eigenvalue weighted by molar-refractivity contribution is 5.36. The summed E-state index contributed by atoms with van der Waals surface area (Å²) in [6.45, 7) is 4.43. The molecule has 0 aromatic heterocycles. The fourth-order valence-corrected chi connectivity index (χ4v) is 2.05. The number of rotatable bonds is 3. The van der Waals surface area contributed by atoms with E-state index in [1.165, 1.54) is 18.4 Å². The number of hydrogen-bond donors (Lipinski definition) is 0. The van der Waals surface area contributed by atoms with Gasteiger partial charge in [0, 0.05) is 12.1 Å². The summed E-state index contributed by atoms with van der Waals surface area (Å²) in [6, 6.07) is 6.96. The van der Waals surface area contributed by atoms with Gasteiger partial charge in [-0.25, -0.2) is 0 Å². The third-order valence-corrected chi connectivity index (χ3v) is 3.42. The smallest absolute Gasteiger partial charge is 0.258 e. The van der Waals surface area contributed by atoms with Gasteiger partial charge in [0.2, 0.25) is 0 Å². The first-order chi connectivity index (χ1) is 7.01. The third kappa shape index (κ3) is 1.87. The van der Waals surface area contributed by atoms with Gasteiger partial charge < -0.3 is 0 Å². The molecule has 1 saturated carbocycles. The molecule has 1 aromatic rings. The second-order valence-corrected chi connectivity index (χ2v) is 4.80. The van der Waals surface area contributed by atoms with Gasteiger partial charge in [0.1, 0.15) is 0 Å².